The van der Waals surface area contributed by atoms with Gasteiger partial charge in [-0.2, -0.15) is 0 Å². The van der Waals surface area contributed by atoms with E-state index in [1.165, 1.54) is 0 Å². The fourth-order valence-electron chi connectivity index (χ4n) is 1.46. The molecule has 1 heterocycles. The Hall–Kier alpha value is -0.640. The van der Waals surface area contributed by atoms with Crippen molar-refractivity contribution in [2.45, 2.75) is 18.6 Å². The SMILES string of the molecule is Cl.NC1c2ncccc2CC1O. The molecule has 0 radical (unpaired) electrons. The molecule has 12 heavy (non-hydrogen) atoms. The molecule has 0 aromatic carbocycles. The lowest BCUT2D eigenvalue weighted by Crippen LogP contribution is -2.21. The Balaban J connectivity index is 0.000000720. The third-order valence-corrected chi connectivity index (χ3v) is 2.09. The predicted octanol–water partition coefficient (Wildman–Crippen LogP) is 0.420. The van der Waals surface area contributed by atoms with Gasteiger partial charge < -0.3 is 10.8 Å². The van der Waals surface area contributed by atoms with Crippen molar-refractivity contribution in [3.05, 3.63) is 29.6 Å². The van der Waals surface area contributed by atoms with Crippen molar-refractivity contribution in [1.82, 2.24) is 4.98 Å². The molecule has 1 aliphatic rings. The second kappa shape index (κ2) is 3.39. The van der Waals surface area contributed by atoms with E-state index in [9.17, 15) is 5.11 Å². The number of nitrogens with two attached hydrogens (primary N) is 1. The van der Waals surface area contributed by atoms with Crippen LogP contribution in [0.2, 0.25) is 0 Å². The van der Waals surface area contributed by atoms with E-state index < -0.39 is 6.10 Å². The van der Waals surface area contributed by atoms with Crippen LogP contribution in [0.15, 0.2) is 18.3 Å². The molecule has 1 aromatic rings. The number of aromatic nitrogens is 1. The maximum Gasteiger partial charge on any atom is 0.0789 e. The van der Waals surface area contributed by atoms with Gasteiger partial charge in [-0.1, -0.05) is 6.07 Å². The van der Waals surface area contributed by atoms with Crippen LogP contribution in [0.4, 0.5) is 0 Å². The molecule has 4 heteroatoms. The Kier molecular flexibility index (Phi) is 2.67. The lowest BCUT2D eigenvalue weighted by Gasteiger charge is -2.06. The van der Waals surface area contributed by atoms with Crippen molar-refractivity contribution in [3.8, 4) is 0 Å². The molecule has 66 valence electrons. The number of aliphatic hydroxyl groups excluding tert-OH is 1. The number of nitrogens with zero attached hydrogens (tertiary/aromatic N) is 1. The zero-order chi connectivity index (χ0) is 7.84. The minimum Gasteiger partial charge on any atom is -0.391 e. The zero-order valence-electron chi connectivity index (χ0n) is 6.47. The molecule has 0 saturated heterocycles. The Labute approximate surface area is 77.0 Å². The minimum absolute atomic E-state index is 0. The number of halogens is 1. The third-order valence-electron chi connectivity index (χ3n) is 2.09. The van der Waals surface area contributed by atoms with Crippen LogP contribution < -0.4 is 5.73 Å². The summed E-state index contributed by atoms with van der Waals surface area (Å²) in [6.45, 7) is 0. The van der Waals surface area contributed by atoms with Gasteiger partial charge in [-0.3, -0.25) is 4.98 Å². The smallest absolute Gasteiger partial charge is 0.0789 e. The normalized spacial score (nSPS) is 26.2. The maximum absolute atomic E-state index is 9.35. The van der Waals surface area contributed by atoms with Crippen molar-refractivity contribution < 1.29 is 5.11 Å². The zero-order valence-corrected chi connectivity index (χ0v) is 7.29. The van der Waals surface area contributed by atoms with Crippen LogP contribution in [-0.4, -0.2) is 16.2 Å². The summed E-state index contributed by atoms with van der Waals surface area (Å²) in [5, 5.41) is 9.35. The Morgan fingerprint density at radius 3 is 3.00 bits per heavy atom. The number of pyridine rings is 1. The first-order valence-corrected chi connectivity index (χ1v) is 3.66. The molecular weight excluding hydrogens is 176 g/mol. The van der Waals surface area contributed by atoms with E-state index in [-0.39, 0.29) is 18.4 Å². The van der Waals surface area contributed by atoms with Crippen LogP contribution in [0.25, 0.3) is 0 Å². The van der Waals surface area contributed by atoms with Gasteiger partial charge in [0, 0.05) is 12.6 Å². The van der Waals surface area contributed by atoms with Crippen molar-refractivity contribution in [2.24, 2.45) is 5.73 Å². The molecule has 0 fully saturated rings. The molecule has 3 N–H and O–H groups in total. The van der Waals surface area contributed by atoms with E-state index in [0.717, 1.165) is 11.3 Å². The average Bonchev–Trinajstić information content (AvgIpc) is 2.30. The van der Waals surface area contributed by atoms with Crippen molar-refractivity contribution >= 4 is 12.4 Å². The van der Waals surface area contributed by atoms with E-state index >= 15 is 0 Å². The van der Waals surface area contributed by atoms with Gasteiger partial charge in [0.1, 0.15) is 0 Å². The van der Waals surface area contributed by atoms with Crippen LogP contribution in [0.1, 0.15) is 17.3 Å². The number of aliphatic hydroxyl groups is 1. The van der Waals surface area contributed by atoms with E-state index in [1.54, 1.807) is 6.20 Å². The monoisotopic (exact) mass is 186 g/mol. The van der Waals surface area contributed by atoms with Crippen LogP contribution in [0, 0.1) is 0 Å². The Morgan fingerprint density at radius 1 is 1.58 bits per heavy atom. The Bertz CT molecular complexity index is 280. The van der Waals surface area contributed by atoms with Gasteiger partial charge in [-0.15, -0.1) is 12.4 Å². The quantitative estimate of drug-likeness (QED) is 0.618. The summed E-state index contributed by atoms with van der Waals surface area (Å²) in [5.74, 6) is 0. The van der Waals surface area contributed by atoms with Gasteiger partial charge in [0.2, 0.25) is 0 Å². The van der Waals surface area contributed by atoms with Crippen LogP contribution in [-0.2, 0) is 6.42 Å². The average molecular weight is 187 g/mol. The van der Waals surface area contributed by atoms with E-state index in [0.29, 0.717) is 6.42 Å². The number of hydrogen-bond donors (Lipinski definition) is 2. The second-order valence-electron chi connectivity index (χ2n) is 2.85. The highest BCUT2D eigenvalue weighted by molar-refractivity contribution is 5.85. The molecule has 0 aliphatic heterocycles. The molecule has 0 spiro atoms. The topological polar surface area (TPSA) is 59.1 Å². The highest BCUT2D eigenvalue weighted by Crippen LogP contribution is 2.26. The fraction of sp³-hybridized carbons (Fsp3) is 0.375. The van der Waals surface area contributed by atoms with Crippen molar-refractivity contribution in [3.63, 3.8) is 0 Å². The summed E-state index contributed by atoms with van der Waals surface area (Å²) in [5.41, 5.74) is 7.60. The third kappa shape index (κ3) is 1.31. The summed E-state index contributed by atoms with van der Waals surface area (Å²) >= 11 is 0. The molecule has 0 amide bonds. The summed E-state index contributed by atoms with van der Waals surface area (Å²) in [6.07, 6.45) is 1.90. The second-order valence-corrected chi connectivity index (χ2v) is 2.85. The molecule has 2 unspecified atom stereocenters. The molecule has 1 aliphatic carbocycles. The standard InChI is InChI=1S/C8H10N2O.ClH/c9-7-6(11)4-5-2-1-3-10-8(5)7;/h1-3,6-7,11H,4,9H2;1H. The minimum atomic E-state index is -0.445. The van der Waals surface area contributed by atoms with Crippen molar-refractivity contribution in [1.29, 1.82) is 0 Å². The lowest BCUT2D eigenvalue weighted by molar-refractivity contribution is 0.157. The molecule has 0 saturated carbocycles. The summed E-state index contributed by atoms with van der Waals surface area (Å²) in [4.78, 5) is 4.11. The van der Waals surface area contributed by atoms with Crippen LogP contribution in [0.5, 0.6) is 0 Å². The summed E-state index contributed by atoms with van der Waals surface area (Å²) < 4.78 is 0. The number of hydrogen-bond acceptors (Lipinski definition) is 3. The lowest BCUT2D eigenvalue weighted by atomic mass is 10.2. The van der Waals surface area contributed by atoms with Gasteiger partial charge in [0.15, 0.2) is 0 Å². The van der Waals surface area contributed by atoms with Crippen molar-refractivity contribution in [2.75, 3.05) is 0 Å². The van der Waals surface area contributed by atoms with Gasteiger partial charge in [0.25, 0.3) is 0 Å². The predicted molar refractivity (Wildman–Crippen MR) is 48.1 cm³/mol. The van der Waals surface area contributed by atoms with E-state index in [1.807, 2.05) is 12.1 Å². The summed E-state index contributed by atoms with van der Waals surface area (Å²) in [7, 11) is 0. The summed E-state index contributed by atoms with van der Waals surface area (Å²) in [6, 6.07) is 3.54. The van der Waals surface area contributed by atoms with Gasteiger partial charge in [-0.05, 0) is 11.6 Å². The first kappa shape index (κ1) is 9.45. The van der Waals surface area contributed by atoms with Crippen LogP contribution >= 0.6 is 12.4 Å². The van der Waals surface area contributed by atoms with Gasteiger partial charge in [0.05, 0.1) is 17.8 Å². The molecule has 1 aromatic heterocycles. The van der Waals surface area contributed by atoms with E-state index in [4.69, 9.17) is 5.73 Å². The largest absolute Gasteiger partial charge is 0.391 e. The first-order chi connectivity index (χ1) is 5.29. The Morgan fingerprint density at radius 2 is 2.33 bits per heavy atom. The van der Waals surface area contributed by atoms with Crippen LogP contribution in [0.3, 0.4) is 0 Å². The molecular formula is C8H11ClN2O. The van der Waals surface area contributed by atoms with Gasteiger partial charge >= 0.3 is 0 Å². The molecule has 3 nitrogen and oxygen atoms in total. The highest BCUT2D eigenvalue weighted by atomic mass is 35.5. The number of rotatable bonds is 0. The maximum atomic E-state index is 9.35. The molecule has 0 bridgehead atoms. The highest BCUT2D eigenvalue weighted by Gasteiger charge is 2.28. The molecule has 2 rings (SSSR count). The van der Waals surface area contributed by atoms with E-state index in [2.05, 4.69) is 4.98 Å². The number of fused-ring (bicyclic) bond motifs is 1. The molecule has 2 atom stereocenters. The first-order valence-electron chi connectivity index (χ1n) is 3.66. The van der Waals surface area contributed by atoms with Gasteiger partial charge in [-0.25, -0.2) is 0 Å². The fourth-order valence-corrected chi connectivity index (χ4v) is 1.46.